The summed E-state index contributed by atoms with van der Waals surface area (Å²) in [5.74, 6) is 0.913. The van der Waals surface area contributed by atoms with E-state index in [0.717, 1.165) is 31.7 Å². The second-order valence-electron chi connectivity index (χ2n) is 4.11. The van der Waals surface area contributed by atoms with Crippen molar-refractivity contribution >= 4 is 0 Å². The van der Waals surface area contributed by atoms with E-state index in [1.165, 1.54) is 5.56 Å². The summed E-state index contributed by atoms with van der Waals surface area (Å²) in [6.07, 6.45) is 4.37. The van der Waals surface area contributed by atoms with Gasteiger partial charge in [-0.2, -0.15) is 0 Å². The van der Waals surface area contributed by atoms with Gasteiger partial charge in [0, 0.05) is 12.1 Å². The van der Waals surface area contributed by atoms with Crippen LogP contribution in [0.4, 0.5) is 0 Å². The Kier molecular flexibility index (Phi) is 6.19. The molecule has 0 fully saturated rings. The highest BCUT2D eigenvalue weighted by Gasteiger charge is 2.05. The Hall–Kier alpha value is -0.800. The summed E-state index contributed by atoms with van der Waals surface area (Å²) in [5.41, 5.74) is 1.18. The Bertz CT molecular complexity index is 283. The molecule has 0 radical (unpaired) electrons. The average Bonchev–Trinajstić information content (AvgIpc) is 2.72. The smallest absolute Gasteiger partial charge is 0.129 e. The van der Waals surface area contributed by atoms with E-state index in [9.17, 15) is 0 Å². The lowest BCUT2D eigenvalue weighted by molar-refractivity contribution is 0.0372. The fraction of sp³-hybridized carbons (Fsp3) is 0.692. The standard InChI is InChI=1S/C13H23NO2/c1-4-6-11(3)15-10-13-7-12(9-16-13)8-14-5-2/h7,9,11,14H,4-6,8,10H2,1-3H3. The monoisotopic (exact) mass is 225 g/mol. The van der Waals surface area contributed by atoms with Crippen molar-refractivity contribution in [3.8, 4) is 0 Å². The second kappa shape index (κ2) is 7.47. The molecule has 0 spiro atoms. The molecule has 0 aromatic carbocycles. The maximum Gasteiger partial charge on any atom is 0.129 e. The summed E-state index contributed by atoms with van der Waals surface area (Å²) in [4.78, 5) is 0. The van der Waals surface area contributed by atoms with Gasteiger partial charge in [-0.1, -0.05) is 20.3 Å². The molecule has 3 heteroatoms. The molecule has 0 saturated carbocycles. The Labute approximate surface area is 98.2 Å². The van der Waals surface area contributed by atoms with Crippen molar-refractivity contribution in [3.05, 3.63) is 23.7 Å². The average molecular weight is 225 g/mol. The Morgan fingerprint density at radius 3 is 2.94 bits per heavy atom. The van der Waals surface area contributed by atoms with Gasteiger partial charge in [0.25, 0.3) is 0 Å². The van der Waals surface area contributed by atoms with Gasteiger partial charge in [-0.05, 0) is 26.0 Å². The van der Waals surface area contributed by atoms with Crippen LogP contribution in [0, 0.1) is 0 Å². The number of nitrogens with one attached hydrogen (secondary N) is 1. The summed E-state index contributed by atoms with van der Waals surface area (Å²) in [7, 11) is 0. The van der Waals surface area contributed by atoms with Crippen LogP contribution in [-0.4, -0.2) is 12.6 Å². The molecule has 1 aromatic rings. The van der Waals surface area contributed by atoms with E-state index in [-0.39, 0.29) is 0 Å². The van der Waals surface area contributed by atoms with Crippen LogP contribution in [0.25, 0.3) is 0 Å². The third-order valence-corrected chi connectivity index (χ3v) is 2.49. The number of furan rings is 1. The third kappa shape index (κ3) is 4.81. The molecule has 1 atom stereocenters. The van der Waals surface area contributed by atoms with Gasteiger partial charge in [-0.25, -0.2) is 0 Å². The van der Waals surface area contributed by atoms with Crippen LogP contribution in [0.3, 0.4) is 0 Å². The highest BCUT2D eigenvalue weighted by Crippen LogP contribution is 2.11. The van der Waals surface area contributed by atoms with E-state index in [4.69, 9.17) is 9.15 Å². The van der Waals surface area contributed by atoms with Gasteiger partial charge in [-0.15, -0.1) is 0 Å². The molecule has 0 aliphatic heterocycles. The number of ether oxygens (including phenoxy) is 1. The molecule has 1 N–H and O–H groups in total. The van der Waals surface area contributed by atoms with Gasteiger partial charge in [0.2, 0.25) is 0 Å². The predicted molar refractivity (Wildman–Crippen MR) is 65.2 cm³/mol. The molecule has 0 aliphatic rings. The zero-order valence-corrected chi connectivity index (χ0v) is 10.6. The molecule has 1 unspecified atom stereocenters. The molecule has 1 rings (SSSR count). The third-order valence-electron chi connectivity index (χ3n) is 2.49. The highest BCUT2D eigenvalue weighted by atomic mass is 16.5. The Morgan fingerprint density at radius 2 is 2.25 bits per heavy atom. The van der Waals surface area contributed by atoms with E-state index in [1.807, 2.05) is 0 Å². The molecule has 0 amide bonds. The quantitative estimate of drug-likeness (QED) is 0.738. The molecule has 3 nitrogen and oxygen atoms in total. The molecule has 1 aromatic heterocycles. The zero-order valence-electron chi connectivity index (χ0n) is 10.6. The summed E-state index contributed by atoms with van der Waals surface area (Å²) in [6, 6.07) is 2.06. The topological polar surface area (TPSA) is 34.4 Å². The maximum atomic E-state index is 5.67. The Balaban J connectivity index is 2.28. The van der Waals surface area contributed by atoms with Gasteiger partial charge in [-0.3, -0.25) is 0 Å². The molecule has 1 heterocycles. The lowest BCUT2D eigenvalue weighted by Crippen LogP contribution is -2.10. The molecule has 0 aliphatic carbocycles. The van der Waals surface area contributed by atoms with Crippen LogP contribution in [-0.2, 0) is 17.9 Å². The van der Waals surface area contributed by atoms with Gasteiger partial charge in [0.15, 0.2) is 0 Å². The zero-order chi connectivity index (χ0) is 11.8. The van der Waals surface area contributed by atoms with Crippen LogP contribution in [0.1, 0.15) is 44.9 Å². The van der Waals surface area contributed by atoms with Crippen molar-refractivity contribution in [2.24, 2.45) is 0 Å². The molecular formula is C13H23NO2. The number of hydrogen-bond acceptors (Lipinski definition) is 3. The van der Waals surface area contributed by atoms with Crippen molar-refractivity contribution in [2.45, 2.75) is 52.9 Å². The van der Waals surface area contributed by atoms with Gasteiger partial charge < -0.3 is 14.5 Å². The first-order valence-corrected chi connectivity index (χ1v) is 6.14. The van der Waals surface area contributed by atoms with Crippen LogP contribution in [0.5, 0.6) is 0 Å². The van der Waals surface area contributed by atoms with E-state index < -0.39 is 0 Å². The van der Waals surface area contributed by atoms with E-state index in [1.54, 1.807) is 6.26 Å². The van der Waals surface area contributed by atoms with Crippen molar-refractivity contribution in [1.29, 1.82) is 0 Å². The summed E-state index contributed by atoms with van der Waals surface area (Å²) < 4.78 is 11.1. The molecule has 0 bridgehead atoms. The first kappa shape index (κ1) is 13.3. The number of hydrogen-bond donors (Lipinski definition) is 1. The predicted octanol–water partition coefficient (Wildman–Crippen LogP) is 3.09. The lowest BCUT2D eigenvalue weighted by Gasteiger charge is -2.09. The van der Waals surface area contributed by atoms with E-state index in [0.29, 0.717) is 12.7 Å². The van der Waals surface area contributed by atoms with Crippen LogP contribution in [0.15, 0.2) is 16.7 Å². The minimum Gasteiger partial charge on any atom is -0.467 e. The minimum atomic E-state index is 0.312. The summed E-state index contributed by atoms with van der Waals surface area (Å²) >= 11 is 0. The molecule has 92 valence electrons. The van der Waals surface area contributed by atoms with Crippen LogP contribution in [0.2, 0.25) is 0 Å². The van der Waals surface area contributed by atoms with E-state index >= 15 is 0 Å². The lowest BCUT2D eigenvalue weighted by atomic mass is 10.2. The largest absolute Gasteiger partial charge is 0.467 e. The summed E-state index contributed by atoms with van der Waals surface area (Å²) in [5, 5.41) is 3.26. The van der Waals surface area contributed by atoms with Crippen molar-refractivity contribution < 1.29 is 9.15 Å². The molecule has 16 heavy (non-hydrogen) atoms. The SMILES string of the molecule is CCCC(C)OCc1cc(CNCC)co1. The van der Waals surface area contributed by atoms with Gasteiger partial charge >= 0.3 is 0 Å². The van der Waals surface area contributed by atoms with E-state index in [2.05, 4.69) is 32.2 Å². The van der Waals surface area contributed by atoms with Gasteiger partial charge in [0.05, 0.1) is 12.4 Å². The van der Waals surface area contributed by atoms with Crippen LogP contribution < -0.4 is 5.32 Å². The fourth-order valence-electron chi connectivity index (χ4n) is 1.58. The normalized spacial score (nSPS) is 12.9. The molecule has 0 saturated heterocycles. The van der Waals surface area contributed by atoms with Crippen LogP contribution >= 0.6 is 0 Å². The fourth-order valence-corrected chi connectivity index (χ4v) is 1.58. The molecular weight excluding hydrogens is 202 g/mol. The first-order chi connectivity index (χ1) is 7.76. The maximum absolute atomic E-state index is 5.67. The number of rotatable bonds is 8. The highest BCUT2D eigenvalue weighted by molar-refractivity contribution is 5.11. The first-order valence-electron chi connectivity index (χ1n) is 6.14. The van der Waals surface area contributed by atoms with Gasteiger partial charge in [0.1, 0.15) is 12.4 Å². The minimum absolute atomic E-state index is 0.312. The van der Waals surface area contributed by atoms with Crippen molar-refractivity contribution in [3.63, 3.8) is 0 Å². The van der Waals surface area contributed by atoms with Crippen molar-refractivity contribution in [2.75, 3.05) is 6.54 Å². The summed E-state index contributed by atoms with van der Waals surface area (Å²) in [6.45, 7) is 8.78. The Morgan fingerprint density at radius 1 is 1.44 bits per heavy atom. The second-order valence-corrected chi connectivity index (χ2v) is 4.11. The van der Waals surface area contributed by atoms with Crippen molar-refractivity contribution in [1.82, 2.24) is 5.32 Å².